The van der Waals surface area contributed by atoms with Gasteiger partial charge in [0, 0.05) is 33.3 Å². The van der Waals surface area contributed by atoms with Gasteiger partial charge < -0.3 is 0 Å². The molecular weight excluding hydrogens is 387 g/mol. The second kappa shape index (κ2) is 9.00. The summed E-state index contributed by atoms with van der Waals surface area (Å²) in [4.78, 5) is 23.3. The first kappa shape index (κ1) is 17.0. The first-order valence-electron chi connectivity index (χ1n) is 5.86. The number of likely N-dealkylation sites (N-methyl/N-ethyl adjacent to an activating group) is 1. The van der Waals surface area contributed by atoms with Crippen molar-refractivity contribution in [3.05, 3.63) is 34.9 Å². The van der Waals surface area contributed by atoms with Crippen LogP contribution in [-0.2, 0) is 16.1 Å². The van der Waals surface area contributed by atoms with Crippen molar-refractivity contribution in [1.82, 2.24) is 10.2 Å². The largest absolute Gasteiger partial charge is 0.298 e. The smallest absolute Gasteiger partial charge is 0.240 e. The highest BCUT2D eigenvalue weighted by molar-refractivity contribution is 14.2. The van der Waals surface area contributed by atoms with Crippen LogP contribution >= 0.6 is 30.1 Å². The van der Waals surface area contributed by atoms with Crippen molar-refractivity contribution in [2.24, 2.45) is 0 Å². The van der Waals surface area contributed by atoms with Crippen LogP contribution in [0.15, 0.2) is 18.2 Å². The van der Waals surface area contributed by atoms with E-state index in [0.717, 1.165) is 16.7 Å². The molecule has 0 saturated heterocycles. The van der Waals surface area contributed by atoms with Crippen LogP contribution < -0.4 is 5.32 Å². The molecule has 0 atom stereocenters. The SMILES string of the molecule is Cc1cc(CN(C)CC(=O)NC=O)ccc1C#CSI. The molecule has 0 fully saturated rings. The van der Waals surface area contributed by atoms with Crippen molar-refractivity contribution in [2.45, 2.75) is 13.5 Å². The van der Waals surface area contributed by atoms with E-state index in [0.29, 0.717) is 13.0 Å². The van der Waals surface area contributed by atoms with Crippen molar-refractivity contribution in [1.29, 1.82) is 0 Å². The van der Waals surface area contributed by atoms with Crippen LogP contribution in [0.2, 0.25) is 0 Å². The van der Waals surface area contributed by atoms with Gasteiger partial charge in [0.05, 0.1) is 6.54 Å². The molecule has 0 unspecified atom stereocenters. The quantitative estimate of drug-likeness (QED) is 0.466. The summed E-state index contributed by atoms with van der Waals surface area (Å²) in [5.41, 5.74) is 3.24. The summed E-state index contributed by atoms with van der Waals surface area (Å²) in [6, 6.07) is 6.06. The number of rotatable bonds is 5. The van der Waals surface area contributed by atoms with E-state index < -0.39 is 0 Å². The summed E-state index contributed by atoms with van der Waals surface area (Å²) < 4.78 is 0. The van der Waals surface area contributed by atoms with Crippen molar-refractivity contribution >= 4 is 42.5 Å². The van der Waals surface area contributed by atoms with Crippen LogP contribution in [-0.4, -0.2) is 30.8 Å². The standard InChI is InChI=1S/C14H15IN2O2S/c1-11-7-12(3-4-13(11)5-6-20-15)8-17(2)9-14(19)16-10-18/h3-4,7,10H,8-9H2,1-2H3,(H,16,18,19). The van der Waals surface area contributed by atoms with E-state index in [-0.39, 0.29) is 12.5 Å². The van der Waals surface area contributed by atoms with Gasteiger partial charge in [0.15, 0.2) is 0 Å². The highest BCUT2D eigenvalue weighted by Crippen LogP contribution is 2.13. The maximum Gasteiger partial charge on any atom is 0.240 e. The highest BCUT2D eigenvalue weighted by Gasteiger charge is 2.07. The van der Waals surface area contributed by atoms with Crippen molar-refractivity contribution in [3.63, 3.8) is 0 Å². The summed E-state index contributed by atoms with van der Waals surface area (Å²) >= 11 is 2.14. The van der Waals surface area contributed by atoms with E-state index in [2.05, 4.69) is 43.8 Å². The van der Waals surface area contributed by atoms with Crippen LogP contribution in [0.25, 0.3) is 0 Å². The zero-order valence-electron chi connectivity index (χ0n) is 11.3. The molecule has 0 heterocycles. The molecule has 0 spiro atoms. The van der Waals surface area contributed by atoms with Crippen LogP contribution in [0.4, 0.5) is 0 Å². The molecule has 4 nitrogen and oxygen atoms in total. The van der Waals surface area contributed by atoms with Gasteiger partial charge in [0.1, 0.15) is 0 Å². The maximum atomic E-state index is 11.3. The van der Waals surface area contributed by atoms with Gasteiger partial charge in [0.25, 0.3) is 0 Å². The van der Waals surface area contributed by atoms with Crippen LogP contribution in [0, 0.1) is 18.1 Å². The van der Waals surface area contributed by atoms with Gasteiger partial charge in [-0.3, -0.25) is 19.8 Å². The Morgan fingerprint density at radius 2 is 2.30 bits per heavy atom. The lowest BCUT2D eigenvalue weighted by Gasteiger charge is -2.15. The molecule has 2 amide bonds. The van der Waals surface area contributed by atoms with E-state index in [1.165, 1.54) is 8.93 Å². The minimum atomic E-state index is -0.305. The lowest BCUT2D eigenvalue weighted by Crippen LogP contribution is -2.34. The van der Waals surface area contributed by atoms with Crippen molar-refractivity contribution in [2.75, 3.05) is 13.6 Å². The van der Waals surface area contributed by atoms with Crippen LogP contribution in [0.3, 0.4) is 0 Å². The molecule has 0 aromatic heterocycles. The molecule has 0 bridgehead atoms. The van der Waals surface area contributed by atoms with Gasteiger partial charge in [-0.25, -0.2) is 0 Å². The first-order valence-corrected chi connectivity index (χ1v) is 9.22. The fourth-order valence-electron chi connectivity index (χ4n) is 1.76. The van der Waals surface area contributed by atoms with Crippen LogP contribution in [0.1, 0.15) is 16.7 Å². The maximum absolute atomic E-state index is 11.3. The topological polar surface area (TPSA) is 49.4 Å². The Hall–Kier alpha value is -1.04. The zero-order chi connectivity index (χ0) is 15.0. The minimum absolute atomic E-state index is 0.185. The predicted octanol–water partition coefficient (Wildman–Crippen LogP) is 2.09. The normalized spacial score (nSPS) is 9.80. The van der Waals surface area contributed by atoms with Gasteiger partial charge >= 0.3 is 0 Å². The van der Waals surface area contributed by atoms with Gasteiger partial charge in [-0.2, -0.15) is 0 Å². The number of imide groups is 1. The van der Waals surface area contributed by atoms with Crippen molar-refractivity contribution in [3.8, 4) is 11.2 Å². The Morgan fingerprint density at radius 1 is 1.55 bits per heavy atom. The molecule has 1 aromatic carbocycles. The summed E-state index contributed by atoms with van der Waals surface area (Å²) in [6.45, 7) is 2.84. The van der Waals surface area contributed by atoms with Gasteiger partial charge in [-0.1, -0.05) is 18.1 Å². The molecule has 0 aliphatic heterocycles. The Kier molecular flexibility index (Phi) is 7.65. The first-order chi connectivity index (χ1) is 9.56. The third-order valence-electron chi connectivity index (χ3n) is 2.60. The predicted molar refractivity (Wildman–Crippen MR) is 90.2 cm³/mol. The Morgan fingerprint density at radius 3 is 2.90 bits per heavy atom. The highest BCUT2D eigenvalue weighted by atomic mass is 127. The summed E-state index contributed by atoms with van der Waals surface area (Å²) in [6.07, 6.45) is 0.402. The number of carbonyl (C=O) groups is 2. The molecule has 6 heteroatoms. The molecule has 1 aromatic rings. The summed E-state index contributed by atoms with van der Waals surface area (Å²) in [5.74, 6) is 2.78. The number of aryl methyl sites for hydroxylation is 1. The lowest BCUT2D eigenvalue weighted by atomic mass is 10.1. The molecule has 0 saturated carbocycles. The monoisotopic (exact) mass is 402 g/mol. The Bertz CT molecular complexity index is 552. The Balaban J connectivity index is 2.67. The van der Waals surface area contributed by atoms with E-state index >= 15 is 0 Å². The number of carbonyl (C=O) groups excluding carboxylic acids is 2. The van der Waals surface area contributed by atoms with Gasteiger partial charge in [0.2, 0.25) is 12.3 Å². The molecule has 0 aliphatic rings. The third-order valence-corrected chi connectivity index (χ3v) is 3.44. The number of nitrogens with zero attached hydrogens (tertiary/aromatic N) is 1. The van der Waals surface area contributed by atoms with Crippen molar-refractivity contribution < 1.29 is 9.59 Å². The average molecular weight is 402 g/mol. The number of hydrogen-bond acceptors (Lipinski definition) is 4. The average Bonchev–Trinajstić information content (AvgIpc) is 2.37. The van der Waals surface area contributed by atoms with Crippen LogP contribution in [0.5, 0.6) is 0 Å². The summed E-state index contributed by atoms with van der Waals surface area (Å²) in [7, 11) is 3.29. The second-order valence-electron chi connectivity index (χ2n) is 4.31. The number of amides is 2. The van der Waals surface area contributed by atoms with Gasteiger partial charge in [-0.05, 0) is 45.4 Å². The second-order valence-corrected chi connectivity index (χ2v) is 5.99. The molecule has 1 N–H and O–H groups in total. The minimum Gasteiger partial charge on any atom is -0.298 e. The number of hydrogen-bond donors (Lipinski definition) is 1. The zero-order valence-corrected chi connectivity index (χ0v) is 14.2. The third kappa shape index (κ3) is 5.94. The molecule has 1 rings (SSSR count). The Labute approximate surface area is 135 Å². The van der Waals surface area contributed by atoms with Gasteiger partial charge in [-0.15, -0.1) is 0 Å². The lowest BCUT2D eigenvalue weighted by molar-refractivity contribution is -0.125. The number of benzene rings is 1. The van der Waals surface area contributed by atoms with E-state index in [9.17, 15) is 9.59 Å². The van der Waals surface area contributed by atoms with E-state index in [1.54, 1.807) is 0 Å². The molecule has 106 valence electrons. The number of halogens is 1. The fraction of sp³-hybridized carbons (Fsp3) is 0.286. The molecular formula is C14H15IN2O2S. The van der Waals surface area contributed by atoms with E-state index in [1.807, 2.05) is 31.0 Å². The molecule has 0 radical (unpaired) electrons. The summed E-state index contributed by atoms with van der Waals surface area (Å²) in [5, 5.41) is 5.09. The number of nitrogens with one attached hydrogen (secondary N) is 1. The molecule has 20 heavy (non-hydrogen) atoms. The fourth-order valence-corrected chi connectivity index (χ4v) is 2.24. The van der Waals surface area contributed by atoms with E-state index in [4.69, 9.17) is 0 Å². The molecule has 0 aliphatic carbocycles.